The van der Waals surface area contributed by atoms with Crippen molar-refractivity contribution in [1.29, 1.82) is 0 Å². The molecule has 0 aliphatic heterocycles. The normalized spacial score (nSPS) is 12.2. The Labute approximate surface area is 201 Å². The molecule has 1 atom stereocenters. The molecular formula is C30H31NO3. The predicted molar refractivity (Wildman–Crippen MR) is 135 cm³/mol. The average Bonchev–Trinajstić information content (AvgIpc) is 3.36. The minimum absolute atomic E-state index is 0.0582. The SMILES string of the molecule is CCC(NC(=O)c1ccc(COc2ccc(C(C)(C)c3ccccc3)cc2)o1)c1ccccc1. The van der Waals surface area contributed by atoms with E-state index in [9.17, 15) is 4.79 Å². The van der Waals surface area contributed by atoms with Crippen molar-refractivity contribution in [3.05, 3.63) is 125 Å². The van der Waals surface area contributed by atoms with Gasteiger partial charge in [0.2, 0.25) is 0 Å². The van der Waals surface area contributed by atoms with Crippen molar-refractivity contribution in [3.63, 3.8) is 0 Å². The van der Waals surface area contributed by atoms with Crippen molar-refractivity contribution >= 4 is 5.91 Å². The standard InChI is InChI=1S/C30H31NO3/c1-4-27(22-11-7-5-8-12-22)31-29(32)28-20-19-26(34-28)21-33-25-17-15-24(16-18-25)30(2,3)23-13-9-6-10-14-23/h5-20,27H,4,21H2,1-3H3,(H,31,32). The zero-order valence-corrected chi connectivity index (χ0v) is 20.0. The van der Waals surface area contributed by atoms with E-state index in [2.05, 4.69) is 55.6 Å². The Bertz CT molecular complexity index is 1190. The third-order valence-corrected chi connectivity index (χ3v) is 6.25. The van der Waals surface area contributed by atoms with E-state index in [1.807, 2.05) is 55.5 Å². The third kappa shape index (κ3) is 5.40. The zero-order valence-electron chi connectivity index (χ0n) is 20.0. The Morgan fingerprint density at radius 3 is 2.12 bits per heavy atom. The molecule has 1 N–H and O–H groups in total. The summed E-state index contributed by atoms with van der Waals surface area (Å²) < 4.78 is 11.7. The van der Waals surface area contributed by atoms with E-state index in [0.29, 0.717) is 5.76 Å². The summed E-state index contributed by atoms with van der Waals surface area (Å²) in [4.78, 5) is 12.7. The van der Waals surface area contributed by atoms with Gasteiger partial charge in [-0.2, -0.15) is 0 Å². The summed E-state index contributed by atoms with van der Waals surface area (Å²) in [7, 11) is 0. The van der Waals surface area contributed by atoms with Crippen LogP contribution in [0.15, 0.2) is 101 Å². The molecular weight excluding hydrogens is 422 g/mol. The highest BCUT2D eigenvalue weighted by atomic mass is 16.5. The highest BCUT2D eigenvalue weighted by molar-refractivity contribution is 5.91. The van der Waals surface area contributed by atoms with Crippen LogP contribution in [0.4, 0.5) is 0 Å². The number of ether oxygens (including phenoxy) is 1. The zero-order chi connectivity index (χ0) is 24.0. The van der Waals surface area contributed by atoms with Crippen LogP contribution >= 0.6 is 0 Å². The molecule has 0 spiro atoms. The maximum atomic E-state index is 12.7. The van der Waals surface area contributed by atoms with Crippen molar-refractivity contribution in [3.8, 4) is 5.75 Å². The van der Waals surface area contributed by atoms with Crippen LogP contribution in [-0.2, 0) is 12.0 Å². The number of nitrogens with one attached hydrogen (secondary N) is 1. The van der Waals surface area contributed by atoms with Crippen LogP contribution in [0.2, 0.25) is 0 Å². The van der Waals surface area contributed by atoms with Crippen LogP contribution < -0.4 is 10.1 Å². The summed E-state index contributed by atoms with van der Waals surface area (Å²) in [6.45, 7) is 6.74. The van der Waals surface area contributed by atoms with Gasteiger partial charge in [0.1, 0.15) is 18.1 Å². The smallest absolute Gasteiger partial charge is 0.287 e. The van der Waals surface area contributed by atoms with Gasteiger partial charge in [0.05, 0.1) is 6.04 Å². The minimum Gasteiger partial charge on any atom is -0.486 e. The lowest BCUT2D eigenvalue weighted by Crippen LogP contribution is -2.27. The molecule has 0 radical (unpaired) electrons. The number of carbonyl (C=O) groups is 1. The van der Waals surface area contributed by atoms with Gasteiger partial charge in [-0.15, -0.1) is 0 Å². The first kappa shape index (κ1) is 23.4. The lowest BCUT2D eigenvalue weighted by Gasteiger charge is -2.26. The second-order valence-corrected chi connectivity index (χ2v) is 8.92. The summed E-state index contributed by atoms with van der Waals surface area (Å²) in [5.41, 5.74) is 3.46. The van der Waals surface area contributed by atoms with E-state index in [0.717, 1.165) is 17.7 Å². The first-order valence-corrected chi connectivity index (χ1v) is 11.7. The number of rotatable bonds is 9. The van der Waals surface area contributed by atoms with E-state index >= 15 is 0 Å². The molecule has 0 fully saturated rings. The van der Waals surface area contributed by atoms with Crippen LogP contribution in [0.5, 0.6) is 5.75 Å². The molecule has 4 rings (SSSR count). The van der Waals surface area contributed by atoms with Crippen molar-refractivity contribution in [2.45, 2.75) is 45.3 Å². The highest BCUT2D eigenvalue weighted by Gasteiger charge is 2.22. The minimum atomic E-state index is -0.227. The fourth-order valence-corrected chi connectivity index (χ4v) is 4.06. The maximum absolute atomic E-state index is 12.7. The molecule has 0 aliphatic rings. The first-order valence-electron chi connectivity index (χ1n) is 11.7. The topological polar surface area (TPSA) is 51.5 Å². The second-order valence-electron chi connectivity index (χ2n) is 8.92. The number of hydrogen-bond acceptors (Lipinski definition) is 3. The largest absolute Gasteiger partial charge is 0.486 e. The molecule has 3 aromatic carbocycles. The van der Waals surface area contributed by atoms with Gasteiger partial charge < -0.3 is 14.5 Å². The predicted octanol–water partition coefficient (Wildman–Crippen LogP) is 7.07. The number of amides is 1. The van der Waals surface area contributed by atoms with Gasteiger partial charge in [-0.3, -0.25) is 4.79 Å². The van der Waals surface area contributed by atoms with E-state index < -0.39 is 0 Å². The van der Waals surface area contributed by atoms with Crippen LogP contribution in [0.3, 0.4) is 0 Å². The molecule has 1 aromatic heterocycles. The molecule has 1 heterocycles. The molecule has 0 bridgehead atoms. The van der Waals surface area contributed by atoms with Gasteiger partial charge >= 0.3 is 0 Å². The van der Waals surface area contributed by atoms with Gasteiger partial charge in [0.15, 0.2) is 5.76 Å². The third-order valence-electron chi connectivity index (χ3n) is 6.25. The average molecular weight is 454 g/mol. The van der Waals surface area contributed by atoms with Crippen LogP contribution in [0, 0.1) is 0 Å². The summed E-state index contributed by atoms with van der Waals surface area (Å²) in [5.74, 6) is 1.42. The van der Waals surface area contributed by atoms with Crippen molar-refractivity contribution in [2.24, 2.45) is 0 Å². The van der Waals surface area contributed by atoms with Gasteiger partial charge in [-0.05, 0) is 47.4 Å². The Balaban J connectivity index is 1.35. The first-order chi connectivity index (χ1) is 16.5. The fraction of sp³-hybridized carbons (Fsp3) is 0.233. The van der Waals surface area contributed by atoms with Crippen LogP contribution in [0.25, 0.3) is 0 Å². The van der Waals surface area contributed by atoms with Crippen molar-refractivity contribution in [1.82, 2.24) is 5.32 Å². The molecule has 4 heteroatoms. The number of hydrogen-bond donors (Lipinski definition) is 1. The van der Waals surface area contributed by atoms with Crippen LogP contribution in [-0.4, -0.2) is 5.91 Å². The van der Waals surface area contributed by atoms with Gasteiger partial charge in [-0.1, -0.05) is 93.6 Å². The van der Waals surface area contributed by atoms with E-state index in [1.54, 1.807) is 12.1 Å². The van der Waals surface area contributed by atoms with Crippen molar-refractivity contribution in [2.75, 3.05) is 0 Å². The molecule has 1 amide bonds. The van der Waals surface area contributed by atoms with Gasteiger partial charge in [0, 0.05) is 5.41 Å². The van der Waals surface area contributed by atoms with E-state index in [4.69, 9.17) is 9.15 Å². The van der Waals surface area contributed by atoms with E-state index in [1.165, 1.54) is 11.1 Å². The fourth-order valence-electron chi connectivity index (χ4n) is 4.06. The lowest BCUT2D eigenvalue weighted by atomic mass is 9.78. The molecule has 4 nitrogen and oxygen atoms in total. The Morgan fingerprint density at radius 1 is 0.853 bits per heavy atom. The van der Waals surface area contributed by atoms with Gasteiger partial charge in [-0.25, -0.2) is 0 Å². The summed E-state index contributed by atoms with van der Waals surface area (Å²) >= 11 is 0. The van der Waals surface area contributed by atoms with E-state index in [-0.39, 0.29) is 29.7 Å². The molecule has 0 saturated heterocycles. The molecule has 174 valence electrons. The van der Waals surface area contributed by atoms with Crippen LogP contribution in [0.1, 0.15) is 66.2 Å². The second kappa shape index (κ2) is 10.4. The number of benzene rings is 3. The highest BCUT2D eigenvalue weighted by Crippen LogP contribution is 2.32. The lowest BCUT2D eigenvalue weighted by molar-refractivity contribution is 0.0903. The Kier molecular flexibility index (Phi) is 7.17. The summed E-state index contributed by atoms with van der Waals surface area (Å²) in [5, 5.41) is 3.05. The summed E-state index contributed by atoms with van der Waals surface area (Å²) in [6, 6.07) is 32.0. The van der Waals surface area contributed by atoms with Gasteiger partial charge in [0.25, 0.3) is 5.91 Å². The van der Waals surface area contributed by atoms with Crippen molar-refractivity contribution < 1.29 is 13.9 Å². The number of furan rings is 1. The molecule has 4 aromatic rings. The quantitative estimate of drug-likeness (QED) is 0.295. The maximum Gasteiger partial charge on any atom is 0.287 e. The summed E-state index contributed by atoms with van der Waals surface area (Å²) in [6.07, 6.45) is 0.795. The molecule has 0 saturated carbocycles. The number of carbonyl (C=O) groups excluding carboxylic acids is 1. The monoisotopic (exact) mass is 453 g/mol. The molecule has 1 unspecified atom stereocenters. The molecule has 34 heavy (non-hydrogen) atoms. The Morgan fingerprint density at radius 2 is 1.47 bits per heavy atom. The molecule has 0 aliphatic carbocycles. The Hall–Kier alpha value is -3.79.